The van der Waals surface area contributed by atoms with Crippen LogP contribution in [0, 0.1) is 12.7 Å². The molecule has 7 heteroatoms. The molecule has 1 heterocycles. The van der Waals surface area contributed by atoms with E-state index in [9.17, 15) is 19.1 Å². The number of carbonyl (C=O) groups excluding carboxylic acids is 2. The van der Waals surface area contributed by atoms with Gasteiger partial charge < -0.3 is 14.6 Å². The number of aryl methyl sites for hydroxylation is 1. The predicted molar refractivity (Wildman–Crippen MR) is 127 cm³/mol. The van der Waals surface area contributed by atoms with Crippen molar-refractivity contribution < 1.29 is 28.6 Å². The van der Waals surface area contributed by atoms with Crippen LogP contribution in [0.25, 0.3) is 5.76 Å². The van der Waals surface area contributed by atoms with Crippen molar-refractivity contribution in [2.75, 3.05) is 18.6 Å². The highest BCUT2D eigenvalue weighted by atomic mass is 19.1. The summed E-state index contributed by atoms with van der Waals surface area (Å²) in [5.74, 6) is -1.53. The molecular weight excluding hydrogens is 437 g/mol. The normalized spacial score (nSPS) is 17.2. The van der Waals surface area contributed by atoms with Crippen LogP contribution < -0.4 is 14.4 Å². The monoisotopic (exact) mass is 461 g/mol. The van der Waals surface area contributed by atoms with Gasteiger partial charge in [0.1, 0.15) is 23.1 Å². The lowest BCUT2D eigenvalue weighted by Gasteiger charge is -2.26. The number of amides is 1. The van der Waals surface area contributed by atoms with Gasteiger partial charge in [0, 0.05) is 16.8 Å². The molecule has 0 aliphatic carbocycles. The molecule has 1 amide bonds. The third-order valence-corrected chi connectivity index (χ3v) is 5.74. The second-order valence-electron chi connectivity index (χ2n) is 7.80. The van der Waals surface area contributed by atoms with E-state index in [1.54, 1.807) is 48.5 Å². The summed E-state index contributed by atoms with van der Waals surface area (Å²) in [6, 6.07) is 16.2. The molecule has 1 N–H and O–H groups in total. The van der Waals surface area contributed by atoms with E-state index in [1.807, 2.05) is 13.8 Å². The molecule has 0 radical (unpaired) electrons. The van der Waals surface area contributed by atoms with Gasteiger partial charge in [0.15, 0.2) is 0 Å². The predicted octanol–water partition coefficient (Wildman–Crippen LogP) is 5.17. The Morgan fingerprint density at radius 2 is 1.76 bits per heavy atom. The maximum Gasteiger partial charge on any atom is 0.300 e. The highest BCUT2D eigenvalue weighted by Crippen LogP contribution is 2.43. The molecule has 1 fully saturated rings. The Kier molecular flexibility index (Phi) is 6.36. The minimum Gasteiger partial charge on any atom is -0.507 e. The molecule has 1 atom stereocenters. The number of hydrogen-bond donors (Lipinski definition) is 1. The maximum absolute atomic E-state index is 15.0. The van der Waals surface area contributed by atoms with Gasteiger partial charge in [0.05, 0.1) is 25.3 Å². The fourth-order valence-corrected chi connectivity index (χ4v) is 4.10. The zero-order valence-corrected chi connectivity index (χ0v) is 19.0. The Hall–Kier alpha value is -4.13. The summed E-state index contributed by atoms with van der Waals surface area (Å²) >= 11 is 0. The zero-order chi connectivity index (χ0) is 24.4. The van der Waals surface area contributed by atoms with Crippen LogP contribution in [-0.4, -0.2) is 30.5 Å². The van der Waals surface area contributed by atoms with E-state index in [0.29, 0.717) is 29.4 Å². The van der Waals surface area contributed by atoms with Crippen LogP contribution in [0.3, 0.4) is 0 Å². The van der Waals surface area contributed by atoms with Gasteiger partial charge >= 0.3 is 0 Å². The molecule has 1 unspecified atom stereocenters. The van der Waals surface area contributed by atoms with Gasteiger partial charge in [-0.1, -0.05) is 18.2 Å². The molecule has 1 aliphatic heterocycles. The van der Waals surface area contributed by atoms with E-state index < -0.39 is 23.5 Å². The van der Waals surface area contributed by atoms with Crippen molar-refractivity contribution in [3.8, 4) is 11.5 Å². The van der Waals surface area contributed by atoms with Gasteiger partial charge in [-0.15, -0.1) is 0 Å². The first-order valence-corrected chi connectivity index (χ1v) is 10.8. The third kappa shape index (κ3) is 4.01. The van der Waals surface area contributed by atoms with Crippen molar-refractivity contribution in [1.29, 1.82) is 0 Å². The Balaban J connectivity index is 1.91. The number of aliphatic hydroxyl groups is 1. The molecule has 34 heavy (non-hydrogen) atoms. The van der Waals surface area contributed by atoms with Crippen LogP contribution in [0.15, 0.2) is 72.3 Å². The minimum absolute atomic E-state index is 0.0988. The Morgan fingerprint density at radius 1 is 1.06 bits per heavy atom. The fourth-order valence-electron chi connectivity index (χ4n) is 4.10. The number of hydrogen-bond acceptors (Lipinski definition) is 5. The molecule has 6 nitrogen and oxygen atoms in total. The van der Waals surface area contributed by atoms with Crippen molar-refractivity contribution in [3.05, 3.63) is 94.8 Å². The standard InChI is InChI=1S/C27H24FNO5/c1-4-34-22-14-9-17(15-16(22)2)25(30)23-24(20-7-5-6-8-21(20)28)29(27(32)26(23)31)18-10-12-19(33-3)13-11-18/h5-15,24,30H,4H2,1-3H3/b25-23+. The quantitative estimate of drug-likeness (QED) is 0.312. The van der Waals surface area contributed by atoms with E-state index in [1.165, 1.54) is 30.2 Å². The molecule has 4 rings (SSSR count). The second kappa shape index (κ2) is 9.39. The number of anilines is 1. The molecule has 0 spiro atoms. The first-order chi connectivity index (χ1) is 16.4. The topological polar surface area (TPSA) is 76.1 Å². The lowest BCUT2D eigenvalue weighted by molar-refractivity contribution is -0.132. The number of aliphatic hydroxyl groups excluding tert-OH is 1. The van der Waals surface area contributed by atoms with E-state index in [2.05, 4.69) is 0 Å². The molecule has 3 aromatic rings. The second-order valence-corrected chi connectivity index (χ2v) is 7.80. The van der Waals surface area contributed by atoms with Crippen molar-refractivity contribution >= 4 is 23.1 Å². The summed E-state index contributed by atoms with van der Waals surface area (Å²) in [5, 5.41) is 11.2. The molecule has 1 aliphatic rings. The number of benzene rings is 3. The van der Waals surface area contributed by atoms with E-state index in [4.69, 9.17) is 9.47 Å². The van der Waals surface area contributed by atoms with E-state index in [0.717, 1.165) is 5.56 Å². The summed E-state index contributed by atoms with van der Waals surface area (Å²) < 4.78 is 25.7. The van der Waals surface area contributed by atoms with Crippen LogP contribution in [-0.2, 0) is 9.59 Å². The summed E-state index contributed by atoms with van der Waals surface area (Å²) in [5.41, 5.74) is 1.36. The Labute approximate surface area is 196 Å². The zero-order valence-electron chi connectivity index (χ0n) is 19.0. The minimum atomic E-state index is -1.15. The highest BCUT2D eigenvalue weighted by Gasteiger charge is 2.47. The van der Waals surface area contributed by atoms with Crippen LogP contribution in [0.4, 0.5) is 10.1 Å². The van der Waals surface area contributed by atoms with Gasteiger partial charge in [-0.3, -0.25) is 14.5 Å². The number of nitrogens with zero attached hydrogens (tertiary/aromatic N) is 1. The van der Waals surface area contributed by atoms with Crippen LogP contribution in [0.1, 0.15) is 29.7 Å². The summed E-state index contributed by atoms with van der Waals surface area (Å²) in [6.45, 7) is 4.15. The number of rotatable bonds is 6. The number of Topliss-reactive ketones (excluding diaryl/α,β-unsaturated/α-hetero) is 1. The number of methoxy groups -OCH3 is 1. The van der Waals surface area contributed by atoms with Crippen molar-refractivity contribution in [3.63, 3.8) is 0 Å². The van der Waals surface area contributed by atoms with Gasteiger partial charge in [0.25, 0.3) is 11.7 Å². The van der Waals surface area contributed by atoms with Gasteiger partial charge in [-0.25, -0.2) is 4.39 Å². The Bertz CT molecular complexity index is 1280. The molecule has 0 bridgehead atoms. The van der Waals surface area contributed by atoms with E-state index >= 15 is 0 Å². The largest absolute Gasteiger partial charge is 0.507 e. The SMILES string of the molecule is CCOc1ccc(/C(O)=C2\C(=O)C(=O)N(c3ccc(OC)cc3)C2c2ccccc2F)cc1C. The summed E-state index contributed by atoms with van der Waals surface area (Å²) in [4.78, 5) is 27.6. The van der Waals surface area contributed by atoms with Gasteiger partial charge in [-0.2, -0.15) is 0 Å². The molecule has 1 saturated heterocycles. The average Bonchev–Trinajstić information content (AvgIpc) is 3.10. The smallest absolute Gasteiger partial charge is 0.300 e. The van der Waals surface area contributed by atoms with Crippen molar-refractivity contribution in [2.45, 2.75) is 19.9 Å². The third-order valence-electron chi connectivity index (χ3n) is 5.74. The number of ketones is 1. The summed E-state index contributed by atoms with van der Waals surface area (Å²) in [7, 11) is 1.51. The average molecular weight is 461 g/mol. The molecule has 0 saturated carbocycles. The first kappa shape index (κ1) is 23.0. The van der Waals surface area contributed by atoms with Gasteiger partial charge in [-0.05, 0) is 67.9 Å². The maximum atomic E-state index is 15.0. The molecular formula is C27H24FNO5. The van der Waals surface area contributed by atoms with E-state index in [-0.39, 0.29) is 16.9 Å². The highest BCUT2D eigenvalue weighted by molar-refractivity contribution is 6.51. The van der Waals surface area contributed by atoms with Crippen LogP contribution in [0.5, 0.6) is 11.5 Å². The molecule has 0 aromatic heterocycles. The first-order valence-electron chi connectivity index (χ1n) is 10.8. The summed E-state index contributed by atoms with van der Waals surface area (Å²) in [6.07, 6.45) is 0. The number of ether oxygens (including phenoxy) is 2. The Morgan fingerprint density at radius 3 is 2.38 bits per heavy atom. The van der Waals surface area contributed by atoms with Crippen LogP contribution in [0.2, 0.25) is 0 Å². The lowest BCUT2D eigenvalue weighted by Crippen LogP contribution is -2.29. The van der Waals surface area contributed by atoms with Crippen molar-refractivity contribution in [2.24, 2.45) is 0 Å². The lowest BCUT2D eigenvalue weighted by atomic mass is 9.94. The van der Waals surface area contributed by atoms with Crippen LogP contribution >= 0.6 is 0 Å². The molecule has 3 aromatic carbocycles. The number of halogens is 1. The fraction of sp³-hybridized carbons (Fsp3) is 0.185. The molecule has 174 valence electrons. The van der Waals surface area contributed by atoms with Crippen molar-refractivity contribution in [1.82, 2.24) is 0 Å². The van der Waals surface area contributed by atoms with Gasteiger partial charge in [0.2, 0.25) is 0 Å². The number of carbonyl (C=O) groups is 2.